The second-order valence-corrected chi connectivity index (χ2v) is 2.95. The van der Waals surface area contributed by atoms with E-state index in [-0.39, 0.29) is 6.04 Å². The van der Waals surface area contributed by atoms with Crippen molar-refractivity contribution in [2.45, 2.75) is 13.0 Å². The van der Waals surface area contributed by atoms with Crippen molar-refractivity contribution in [3.8, 4) is 6.07 Å². The molecule has 1 rings (SSSR count). The number of hydrogen-bond donors (Lipinski definition) is 1. The summed E-state index contributed by atoms with van der Waals surface area (Å²) in [6.07, 6.45) is 3.87. The van der Waals surface area contributed by atoms with Crippen LogP contribution in [0.1, 0.15) is 18.1 Å². The van der Waals surface area contributed by atoms with Gasteiger partial charge in [-0.2, -0.15) is 5.26 Å². The first-order chi connectivity index (χ1) is 6.22. The Morgan fingerprint density at radius 3 is 2.46 bits per heavy atom. The van der Waals surface area contributed by atoms with Gasteiger partial charge in [-0.05, 0) is 24.6 Å². The summed E-state index contributed by atoms with van der Waals surface area (Å²) >= 11 is 0. The van der Waals surface area contributed by atoms with Crippen molar-refractivity contribution >= 4 is 6.08 Å². The monoisotopic (exact) mass is 172 g/mol. The molecule has 0 radical (unpaired) electrons. The van der Waals surface area contributed by atoms with Crippen LogP contribution in [-0.2, 0) is 0 Å². The molecule has 0 aliphatic heterocycles. The summed E-state index contributed by atoms with van der Waals surface area (Å²) in [6.45, 7) is 1.92. The number of benzene rings is 1. The minimum absolute atomic E-state index is 0.0654. The number of nitriles is 1. The van der Waals surface area contributed by atoms with E-state index in [2.05, 4.69) is 6.07 Å². The molecule has 1 aromatic rings. The van der Waals surface area contributed by atoms with Crippen LogP contribution in [-0.4, -0.2) is 6.04 Å². The van der Waals surface area contributed by atoms with E-state index >= 15 is 0 Å². The van der Waals surface area contributed by atoms with Crippen molar-refractivity contribution < 1.29 is 0 Å². The van der Waals surface area contributed by atoms with Crippen molar-refractivity contribution in [3.05, 3.63) is 41.5 Å². The highest BCUT2D eigenvalue weighted by atomic mass is 14.6. The van der Waals surface area contributed by atoms with E-state index < -0.39 is 0 Å². The fourth-order valence-corrected chi connectivity index (χ4v) is 0.932. The zero-order valence-corrected chi connectivity index (χ0v) is 7.57. The second-order valence-electron chi connectivity index (χ2n) is 2.95. The molecular formula is C11H12N2. The Labute approximate surface area is 78.3 Å². The summed E-state index contributed by atoms with van der Waals surface area (Å²) < 4.78 is 0. The molecule has 2 nitrogen and oxygen atoms in total. The molecule has 1 atom stereocenters. The van der Waals surface area contributed by atoms with E-state index in [0.717, 1.165) is 5.56 Å². The fraction of sp³-hybridized carbons (Fsp3) is 0.182. The molecule has 2 N–H and O–H groups in total. The van der Waals surface area contributed by atoms with Gasteiger partial charge in [0.2, 0.25) is 0 Å². The first-order valence-corrected chi connectivity index (χ1v) is 4.16. The standard InChI is InChI=1S/C11H12N2/c1-9(13)2-3-10-4-6-11(8-12)7-5-10/h2-7,9H,13H2,1H3/b3-2-/t9-/m1/s1. The molecule has 13 heavy (non-hydrogen) atoms. The van der Waals surface area contributed by atoms with Crippen LogP contribution in [0.5, 0.6) is 0 Å². The molecular weight excluding hydrogens is 160 g/mol. The lowest BCUT2D eigenvalue weighted by molar-refractivity contribution is 0.931. The third kappa shape index (κ3) is 3.10. The lowest BCUT2D eigenvalue weighted by Gasteiger charge is -1.95. The van der Waals surface area contributed by atoms with Crippen LogP contribution in [0.3, 0.4) is 0 Å². The van der Waals surface area contributed by atoms with Gasteiger partial charge in [-0.3, -0.25) is 0 Å². The first-order valence-electron chi connectivity index (χ1n) is 4.16. The average Bonchev–Trinajstić information content (AvgIpc) is 2.15. The van der Waals surface area contributed by atoms with Crippen molar-refractivity contribution in [1.82, 2.24) is 0 Å². The summed E-state index contributed by atoms with van der Waals surface area (Å²) in [5.74, 6) is 0. The van der Waals surface area contributed by atoms with Gasteiger partial charge in [0.1, 0.15) is 0 Å². The summed E-state index contributed by atoms with van der Waals surface area (Å²) in [5, 5.41) is 8.56. The maximum Gasteiger partial charge on any atom is 0.0991 e. The molecule has 0 aliphatic rings. The van der Waals surface area contributed by atoms with Crippen molar-refractivity contribution in [2.75, 3.05) is 0 Å². The molecule has 1 aromatic carbocycles. The van der Waals surface area contributed by atoms with Crippen LogP contribution < -0.4 is 5.73 Å². The molecule has 66 valence electrons. The maximum absolute atomic E-state index is 8.56. The van der Waals surface area contributed by atoms with Gasteiger partial charge in [-0.1, -0.05) is 24.3 Å². The van der Waals surface area contributed by atoms with E-state index in [9.17, 15) is 0 Å². The smallest absolute Gasteiger partial charge is 0.0991 e. The van der Waals surface area contributed by atoms with Crippen LogP contribution in [0.2, 0.25) is 0 Å². The summed E-state index contributed by atoms with van der Waals surface area (Å²) in [7, 11) is 0. The van der Waals surface area contributed by atoms with Crippen LogP contribution in [0.4, 0.5) is 0 Å². The highest BCUT2D eigenvalue weighted by Gasteiger charge is 1.89. The molecule has 0 fully saturated rings. The summed E-state index contributed by atoms with van der Waals surface area (Å²) in [5.41, 5.74) is 7.30. The minimum Gasteiger partial charge on any atom is -0.325 e. The van der Waals surface area contributed by atoms with Crippen LogP contribution in [0.15, 0.2) is 30.3 Å². The van der Waals surface area contributed by atoms with Crippen LogP contribution in [0, 0.1) is 11.3 Å². The maximum atomic E-state index is 8.56. The van der Waals surface area contributed by atoms with Crippen molar-refractivity contribution in [1.29, 1.82) is 5.26 Å². The Bertz CT molecular complexity index is 328. The predicted molar refractivity (Wildman–Crippen MR) is 53.8 cm³/mol. The number of hydrogen-bond acceptors (Lipinski definition) is 2. The van der Waals surface area contributed by atoms with Gasteiger partial charge in [0.05, 0.1) is 11.6 Å². The van der Waals surface area contributed by atoms with E-state index in [1.54, 1.807) is 12.1 Å². The van der Waals surface area contributed by atoms with E-state index in [1.807, 2.05) is 31.2 Å². The van der Waals surface area contributed by atoms with Gasteiger partial charge >= 0.3 is 0 Å². The van der Waals surface area contributed by atoms with Gasteiger partial charge in [0.15, 0.2) is 0 Å². The number of nitrogens with two attached hydrogens (primary N) is 1. The fourth-order valence-electron chi connectivity index (χ4n) is 0.932. The predicted octanol–water partition coefficient (Wildman–Crippen LogP) is 1.92. The second kappa shape index (κ2) is 4.44. The molecule has 0 saturated carbocycles. The van der Waals surface area contributed by atoms with Gasteiger partial charge in [-0.25, -0.2) is 0 Å². The normalized spacial score (nSPS) is 12.7. The molecule has 0 heterocycles. The molecule has 0 amide bonds. The molecule has 0 unspecified atom stereocenters. The molecule has 0 bridgehead atoms. The van der Waals surface area contributed by atoms with E-state index in [1.165, 1.54) is 0 Å². The molecule has 0 aromatic heterocycles. The molecule has 0 saturated heterocycles. The SMILES string of the molecule is C[C@@H](N)/C=C\c1ccc(C#N)cc1. The van der Waals surface area contributed by atoms with Crippen LogP contribution >= 0.6 is 0 Å². The summed E-state index contributed by atoms with van der Waals surface area (Å²) in [6, 6.07) is 9.52. The Kier molecular flexibility index (Phi) is 3.24. The largest absolute Gasteiger partial charge is 0.325 e. The number of nitrogens with zero attached hydrogens (tertiary/aromatic N) is 1. The van der Waals surface area contributed by atoms with Crippen LogP contribution in [0.25, 0.3) is 6.08 Å². The zero-order chi connectivity index (χ0) is 9.68. The summed E-state index contributed by atoms with van der Waals surface area (Å²) in [4.78, 5) is 0. The average molecular weight is 172 g/mol. The molecule has 0 aliphatic carbocycles. The molecule has 0 spiro atoms. The van der Waals surface area contributed by atoms with Gasteiger partial charge in [0, 0.05) is 6.04 Å². The third-order valence-electron chi connectivity index (χ3n) is 1.63. The lowest BCUT2D eigenvalue weighted by Crippen LogP contribution is -2.09. The Morgan fingerprint density at radius 1 is 1.38 bits per heavy atom. The molecule has 2 heteroatoms. The van der Waals surface area contributed by atoms with Gasteiger partial charge in [-0.15, -0.1) is 0 Å². The number of rotatable bonds is 2. The first kappa shape index (κ1) is 9.50. The Balaban J connectivity index is 2.76. The third-order valence-corrected chi connectivity index (χ3v) is 1.63. The van der Waals surface area contributed by atoms with Gasteiger partial charge < -0.3 is 5.73 Å². The zero-order valence-electron chi connectivity index (χ0n) is 7.57. The van der Waals surface area contributed by atoms with E-state index in [0.29, 0.717) is 5.56 Å². The Morgan fingerprint density at radius 2 is 2.00 bits per heavy atom. The Hall–Kier alpha value is -1.59. The van der Waals surface area contributed by atoms with Crippen molar-refractivity contribution in [2.24, 2.45) is 5.73 Å². The van der Waals surface area contributed by atoms with Crippen molar-refractivity contribution in [3.63, 3.8) is 0 Å². The van der Waals surface area contributed by atoms with Gasteiger partial charge in [0.25, 0.3) is 0 Å². The minimum atomic E-state index is 0.0654. The van der Waals surface area contributed by atoms with E-state index in [4.69, 9.17) is 11.0 Å². The lowest BCUT2D eigenvalue weighted by atomic mass is 10.1. The topological polar surface area (TPSA) is 49.8 Å². The highest BCUT2D eigenvalue weighted by Crippen LogP contribution is 2.05. The highest BCUT2D eigenvalue weighted by molar-refractivity contribution is 5.51. The quantitative estimate of drug-likeness (QED) is 0.740.